The molecule has 13 heavy (non-hydrogen) atoms. The molecular weight excluding hydrogens is 162 g/mol. The lowest BCUT2D eigenvalue weighted by Crippen LogP contribution is -2.30. The molecule has 0 N–H and O–H groups in total. The smallest absolute Gasteiger partial charge is 0.102 e. The summed E-state index contributed by atoms with van der Waals surface area (Å²) in [6.07, 6.45) is 1.79. The van der Waals surface area contributed by atoms with Gasteiger partial charge in [0, 0.05) is 10.8 Å². The summed E-state index contributed by atoms with van der Waals surface area (Å²) in [4.78, 5) is 4.43. The lowest BCUT2D eigenvalue weighted by Gasteiger charge is -2.04. The van der Waals surface area contributed by atoms with Crippen molar-refractivity contribution in [2.24, 2.45) is 15.2 Å². The Kier molecular flexibility index (Phi) is 1.22. The fourth-order valence-corrected chi connectivity index (χ4v) is 1.61. The summed E-state index contributed by atoms with van der Waals surface area (Å²) in [6, 6.07) is 8.03. The second-order valence-corrected chi connectivity index (χ2v) is 3.05. The van der Waals surface area contributed by atoms with Crippen molar-refractivity contribution in [3.63, 3.8) is 0 Å². The van der Waals surface area contributed by atoms with E-state index < -0.39 is 0 Å². The van der Waals surface area contributed by atoms with Crippen molar-refractivity contribution in [3.05, 3.63) is 46.6 Å². The predicted molar refractivity (Wildman–Crippen MR) is 48.4 cm³/mol. The zero-order chi connectivity index (χ0) is 8.67. The molecule has 3 rings (SSSR count). The van der Waals surface area contributed by atoms with Gasteiger partial charge in [0.25, 0.3) is 0 Å². The van der Waals surface area contributed by atoms with E-state index in [9.17, 15) is 0 Å². The zero-order valence-electron chi connectivity index (χ0n) is 6.94. The maximum absolute atomic E-state index is 4.43. The third-order valence-corrected chi connectivity index (χ3v) is 2.25. The fourth-order valence-electron chi connectivity index (χ4n) is 1.61. The quantitative estimate of drug-likeness (QED) is 0.550. The van der Waals surface area contributed by atoms with E-state index in [2.05, 4.69) is 15.2 Å². The second kappa shape index (κ2) is 2.36. The molecule has 0 bridgehead atoms. The Hall–Kier alpha value is -1.77. The van der Waals surface area contributed by atoms with Crippen LogP contribution < -0.4 is 10.6 Å². The van der Waals surface area contributed by atoms with Crippen LogP contribution >= 0.6 is 0 Å². The van der Waals surface area contributed by atoms with Gasteiger partial charge in [-0.1, -0.05) is 18.2 Å². The maximum Gasteiger partial charge on any atom is 0.102 e. The Morgan fingerprint density at radius 1 is 1.15 bits per heavy atom. The van der Waals surface area contributed by atoms with E-state index in [1.807, 2.05) is 24.3 Å². The van der Waals surface area contributed by atoms with Gasteiger partial charge in [-0.3, -0.25) is 4.99 Å². The van der Waals surface area contributed by atoms with Crippen molar-refractivity contribution in [1.82, 2.24) is 0 Å². The van der Waals surface area contributed by atoms with Crippen LogP contribution in [0.1, 0.15) is 0 Å². The Bertz CT molecular complexity index is 538. The molecular formula is C10H7N3. The average molecular weight is 169 g/mol. The molecule has 0 spiro atoms. The summed E-state index contributed by atoms with van der Waals surface area (Å²) in [7, 11) is 0. The minimum absolute atomic E-state index is 0.708. The first-order valence-electron chi connectivity index (χ1n) is 4.19. The van der Waals surface area contributed by atoms with Crippen molar-refractivity contribution < 1.29 is 0 Å². The van der Waals surface area contributed by atoms with E-state index in [-0.39, 0.29) is 0 Å². The first-order valence-corrected chi connectivity index (χ1v) is 4.19. The normalized spacial score (nSPS) is 17.5. The van der Waals surface area contributed by atoms with Crippen molar-refractivity contribution in [2.75, 3.05) is 6.54 Å². The highest BCUT2D eigenvalue weighted by molar-refractivity contribution is 5.65. The Morgan fingerprint density at radius 3 is 3.08 bits per heavy atom. The third kappa shape index (κ3) is 0.869. The Labute approximate surface area is 74.8 Å². The molecule has 0 fully saturated rings. The van der Waals surface area contributed by atoms with Crippen LogP contribution in [0.2, 0.25) is 0 Å². The van der Waals surface area contributed by atoms with Crippen molar-refractivity contribution >= 4 is 5.70 Å². The van der Waals surface area contributed by atoms with Gasteiger partial charge in [-0.05, 0) is 6.07 Å². The zero-order valence-corrected chi connectivity index (χ0v) is 6.94. The largest absolute Gasteiger partial charge is 0.280 e. The third-order valence-electron chi connectivity index (χ3n) is 2.25. The molecule has 0 atom stereocenters. The van der Waals surface area contributed by atoms with Gasteiger partial charge in [0.2, 0.25) is 0 Å². The minimum Gasteiger partial charge on any atom is -0.280 e. The Morgan fingerprint density at radius 2 is 2.08 bits per heavy atom. The molecule has 2 heterocycles. The molecule has 2 aliphatic heterocycles. The van der Waals surface area contributed by atoms with Gasteiger partial charge in [-0.2, -0.15) is 10.2 Å². The lowest BCUT2D eigenvalue weighted by atomic mass is 10.1. The van der Waals surface area contributed by atoms with Crippen LogP contribution in [0.15, 0.2) is 51.3 Å². The molecule has 0 aliphatic carbocycles. The molecule has 2 aliphatic rings. The second-order valence-electron chi connectivity index (χ2n) is 3.05. The summed E-state index contributed by atoms with van der Waals surface area (Å²) in [5.41, 5.74) is 2.12. The van der Waals surface area contributed by atoms with Crippen LogP contribution in [0.4, 0.5) is 0 Å². The number of fused-ring (bicyclic) bond motifs is 2. The SMILES string of the molecule is C1=C2CN=c3ccccc3=C2N=N1. The van der Waals surface area contributed by atoms with Crippen LogP contribution in [0.5, 0.6) is 0 Å². The molecule has 0 unspecified atom stereocenters. The van der Waals surface area contributed by atoms with Gasteiger partial charge in [-0.15, -0.1) is 0 Å². The van der Waals surface area contributed by atoms with Crippen molar-refractivity contribution in [3.8, 4) is 0 Å². The number of rotatable bonds is 0. The summed E-state index contributed by atoms with van der Waals surface area (Å²) >= 11 is 0. The average Bonchev–Trinajstić information content (AvgIpc) is 2.65. The predicted octanol–water partition coefficient (Wildman–Crippen LogP) is 0.778. The lowest BCUT2D eigenvalue weighted by molar-refractivity contribution is 1.06. The van der Waals surface area contributed by atoms with Crippen LogP contribution in [0.3, 0.4) is 0 Å². The highest BCUT2D eigenvalue weighted by Gasteiger charge is 2.13. The van der Waals surface area contributed by atoms with Crippen LogP contribution in [0, 0.1) is 0 Å². The number of para-hydroxylation sites is 1. The summed E-state index contributed by atoms with van der Waals surface area (Å²) in [6.45, 7) is 0.708. The van der Waals surface area contributed by atoms with E-state index in [1.165, 1.54) is 0 Å². The fraction of sp³-hybridized carbons (Fsp3) is 0.100. The molecule has 3 nitrogen and oxygen atoms in total. The van der Waals surface area contributed by atoms with Gasteiger partial charge < -0.3 is 0 Å². The van der Waals surface area contributed by atoms with Gasteiger partial charge in [-0.25, -0.2) is 0 Å². The number of benzene rings is 1. The first-order chi connectivity index (χ1) is 6.45. The van der Waals surface area contributed by atoms with Crippen molar-refractivity contribution in [1.29, 1.82) is 0 Å². The van der Waals surface area contributed by atoms with E-state index >= 15 is 0 Å². The van der Waals surface area contributed by atoms with E-state index in [1.54, 1.807) is 6.20 Å². The minimum atomic E-state index is 0.708. The van der Waals surface area contributed by atoms with Crippen LogP contribution in [-0.2, 0) is 0 Å². The molecule has 1 aromatic carbocycles. The van der Waals surface area contributed by atoms with Gasteiger partial charge >= 0.3 is 0 Å². The first kappa shape index (κ1) is 6.71. The van der Waals surface area contributed by atoms with Crippen LogP contribution in [0.25, 0.3) is 5.70 Å². The molecule has 0 radical (unpaired) electrons. The van der Waals surface area contributed by atoms with E-state index in [0.29, 0.717) is 6.54 Å². The van der Waals surface area contributed by atoms with E-state index in [0.717, 1.165) is 21.8 Å². The summed E-state index contributed by atoms with van der Waals surface area (Å²) in [5, 5.41) is 10.1. The monoisotopic (exact) mass is 169 g/mol. The molecule has 0 amide bonds. The molecule has 0 saturated heterocycles. The molecule has 62 valence electrons. The topological polar surface area (TPSA) is 37.1 Å². The number of azo groups is 1. The molecule has 0 aromatic heterocycles. The van der Waals surface area contributed by atoms with Gasteiger partial charge in [0.1, 0.15) is 5.70 Å². The highest BCUT2D eigenvalue weighted by atomic mass is 15.1. The van der Waals surface area contributed by atoms with Gasteiger partial charge in [0.05, 0.1) is 18.1 Å². The molecule has 1 aromatic rings. The Balaban J connectivity index is 2.53. The molecule has 3 heteroatoms. The summed E-state index contributed by atoms with van der Waals surface area (Å²) < 4.78 is 0. The van der Waals surface area contributed by atoms with Crippen molar-refractivity contribution in [2.45, 2.75) is 0 Å². The van der Waals surface area contributed by atoms with Crippen LogP contribution in [-0.4, -0.2) is 6.54 Å². The standard InChI is InChI=1S/C10H7N3/c1-2-4-9-8(3-1)10-7(5-11-9)6-12-13-10/h1-4,6H,5H2. The summed E-state index contributed by atoms with van der Waals surface area (Å²) in [5.74, 6) is 0. The molecule has 0 saturated carbocycles. The number of nitrogens with zero attached hydrogens (tertiary/aromatic N) is 3. The maximum atomic E-state index is 4.43. The number of hydrogen-bond acceptors (Lipinski definition) is 3. The number of hydrogen-bond donors (Lipinski definition) is 0. The van der Waals surface area contributed by atoms with Gasteiger partial charge in [0.15, 0.2) is 0 Å². The highest BCUT2D eigenvalue weighted by Crippen LogP contribution is 2.19. The van der Waals surface area contributed by atoms with E-state index in [4.69, 9.17) is 0 Å².